The van der Waals surface area contributed by atoms with Crippen molar-refractivity contribution in [3.8, 4) is 0 Å². The fraction of sp³-hybridized carbons (Fsp3) is 0.133. The van der Waals surface area contributed by atoms with Crippen LogP contribution in [0.5, 0.6) is 0 Å². The van der Waals surface area contributed by atoms with Gasteiger partial charge in [-0.3, -0.25) is 9.59 Å². The molecule has 1 aromatic carbocycles. The lowest BCUT2D eigenvalue weighted by molar-refractivity contribution is -0.116. The molecule has 0 radical (unpaired) electrons. The molecule has 0 bridgehead atoms. The lowest BCUT2D eigenvalue weighted by Gasteiger charge is -2.04. The van der Waals surface area contributed by atoms with Crippen LogP contribution in [0.2, 0.25) is 0 Å². The minimum absolute atomic E-state index is 0.0165. The van der Waals surface area contributed by atoms with Gasteiger partial charge in [0.25, 0.3) is 0 Å². The van der Waals surface area contributed by atoms with Crippen LogP contribution in [0.1, 0.15) is 32.9 Å². The van der Waals surface area contributed by atoms with E-state index in [1.165, 1.54) is 6.07 Å². The van der Waals surface area contributed by atoms with Crippen LogP contribution in [0.3, 0.4) is 0 Å². The molecule has 1 heterocycles. The van der Waals surface area contributed by atoms with Gasteiger partial charge in [0.05, 0.1) is 5.69 Å². The zero-order chi connectivity index (χ0) is 15.2. The summed E-state index contributed by atoms with van der Waals surface area (Å²) in [6.45, 7) is 0. The molecule has 0 fully saturated rings. The molecular formula is C15H13NO4S. The van der Waals surface area contributed by atoms with Gasteiger partial charge in [-0.05, 0) is 11.4 Å². The van der Waals surface area contributed by atoms with Gasteiger partial charge in [0.1, 0.15) is 4.88 Å². The molecule has 6 heteroatoms. The van der Waals surface area contributed by atoms with Crippen LogP contribution in [-0.4, -0.2) is 22.8 Å². The highest BCUT2D eigenvalue weighted by Gasteiger charge is 2.15. The van der Waals surface area contributed by atoms with Crippen LogP contribution in [0.4, 0.5) is 5.69 Å². The highest BCUT2D eigenvalue weighted by atomic mass is 32.1. The summed E-state index contributed by atoms with van der Waals surface area (Å²) in [4.78, 5) is 34.6. The molecule has 1 aromatic heterocycles. The molecule has 0 aliphatic heterocycles. The first-order valence-corrected chi connectivity index (χ1v) is 7.15. The number of carbonyl (C=O) groups excluding carboxylic acids is 2. The van der Waals surface area contributed by atoms with E-state index in [9.17, 15) is 14.4 Å². The number of aromatic carboxylic acids is 1. The number of carbonyl (C=O) groups is 3. The lowest BCUT2D eigenvalue weighted by atomic mass is 10.1. The van der Waals surface area contributed by atoms with Gasteiger partial charge < -0.3 is 10.4 Å². The Hall–Kier alpha value is -2.47. The van der Waals surface area contributed by atoms with Gasteiger partial charge in [-0.2, -0.15) is 0 Å². The van der Waals surface area contributed by atoms with Crippen LogP contribution >= 0.6 is 11.3 Å². The molecule has 108 valence electrons. The van der Waals surface area contributed by atoms with Crippen LogP contribution in [0.15, 0.2) is 41.8 Å². The highest BCUT2D eigenvalue weighted by molar-refractivity contribution is 7.12. The first kappa shape index (κ1) is 14.9. The number of carboxylic acids is 1. The maximum absolute atomic E-state index is 11.9. The number of ketones is 1. The van der Waals surface area contributed by atoms with Crippen molar-refractivity contribution in [3.05, 3.63) is 52.2 Å². The Bertz CT molecular complexity index is 663. The smallest absolute Gasteiger partial charge is 0.348 e. The Labute approximate surface area is 125 Å². The maximum atomic E-state index is 11.9. The van der Waals surface area contributed by atoms with Crippen LogP contribution in [0, 0.1) is 0 Å². The normalized spacial score (nSPS) is 10.1. The number of amides is 1. The summed E-state index contributed by atoms with van der Waals surface area (Å²) in [6, 6.07) is 10.3. The van der Waals surface area contributed by atoms with E-state index in [2.05, 4.69) is 5.32 Å². The summed E-state index contributed by atoms with van der Waals surface area (Å²) in [5.74, 6) is -1.57. The first-order valence-electron chi connectivity index (χ1n) is 6.27. The Morgan fingerprint density at radius 2 is 1.76 bits per heavy atom. The second-order valence-electron chi connectivity index (χ2n) is 4.31. The fourth-order valence-electron chi connectivity index (χ4n) is 1.78. The molecule has 5 nitrogen and oxygen atoms in total. The monoisotopic (exact) mass is 303 g/mol. The number of nitrogens with one attached hydrogen (secondary N) is 1. The number of rotatable bonds is 6. The topological polar surface area (TPSA) is 83.5 Å². The fourth-order valence-corrected chi connectivity index (χ4v) is 2.47. The van der Waals surface area contributed by atoms with Crippen LogP contribution < -0.4 is 5.32 Å². The largest absolute Gasteiger partial charge is 0.477 e. The van der Waals surface area contributed by atoms with E-state index in [1.807, 2.05) is 6.07 Å². The second-order valence-corrected chi connectivity index (χ2v) is 5.22. The highest BCUT2D eigenvalue weighted by Crippen LogP contribution is 2.22. The van der Waals surface area contributed by atoms with E-state index >= 15 is 0 Å². The zero-order valence-electron chi connectivity index (χ0n) is 11.0. The summed E-state index contributed by atoms with van der Waals surface area (Å²) in [5, 5.41) is 13.0. The Morgan fingerprint density at radius 1 is 1.05 bits per heavy atom. The van der Waals surface area contributed by atoms with Gasteiger partial charge in [0.15, 0.2) is 5.78 Å². The third kappa shape index (κ3) is 4.00. The van der Waals surface area contributed by atoms with E-state index in [4.69, 9.17) is 5.11 Å². The summed E-state index contributed by atoms with van der Waals surface area (Å²) in [5.41, 5.74) is 0.830. The lowest BCUT2D eigenvalue weighted by Crippen LogP contribution is -2.14. The third-order valence-corrected chi connectivity index (χ3v) is 3.71. The summed E-state index contributed by atoms with van der Waals surface area (Å²) >= 11 is 1.04. The van der Waals surface area contributed by atoms with Crippen LogP contribution in [-0.2, 0) is 4.79 Å². The predicted molar refractivity (Wildman–Crippen MR) is 79.9 cm³/mol. The molecule has 0 unspecified atom stereocenters. The molecule has 2 aromatic rings. The number of Topliss-reactive ketones (excluding diaryl/α,β-unsaturated/α-hetero) is 1. The van der Waals surface area contributed by atoms with E-state index in [1.54, 1.807) is 29.6 Å². The van der Waals surface area contributed by atoms with Gasteiger partial charge in [-0.25, -0.2) is 4.79 Å². The molecule has 0 saturated heterocycles. The number of carboxylic acid groups (broad SMARTS) is 1. The maximum Gasteiger partial charge on any atom is 0.348 e. The Morgan fingerprint density at radius 3 is 2.43 bits per heavy atom. The van der Waals surface area contributed by atoms with Crippen molar-refractivity contribution in [2.24, 2.45) is 0 Å². The van der Waals surface area contributed by atoms with Crippen molar-refractivity contribution < 1.29 is 19.5 Å². The quantitative estimate of drug-likeness (QED) is 0.803. The first-order chi connectivity index (χ1) is 10.1. The summed E-state index contributed by atoms with van der Waals surface area (Å²) in [6.07, 6.45) is 0.102. The third-order valence-electron chi connectivity index (χ3n) is 2.81. The SMILES string of the molecule is O=C(CCC(=O)c1ccccc1)Nc1ccsc1C(=O)O. The van der Waals surface area contributed by atoms with Crippen LogP contribution in [0.25, 0.3) is 0 Å². The molecule has 0 saturated carbocycles. The average Bonchev–Trinajstić information content (AvgIpc) is 2.94. The van der Waals surface area contributed by atoms with Crippen molar-refractivity contribution in [2.75, 3.05) is 5.32 Å². The molecule has 0 atom stereocenters. The molecule has 0 aliphatic carbocycles. The molecule has 0 spiro atoms. The molecule has 21 heavy (non-hydrogen) atoms. The van der Waals surface area contributed by atoms with Gasteiger partial charge in [0, 0.05) is 18.4 Å². The Balaban J connectivity index is 1.89. The van der Waals surface area contributed by atoms with Crippen molar-refractivity contribution in [2.45, 2.75) is 12.8 Å². The van der Waals surface area contributed by atoms with E-state index in [-0.39, 0.29) is 35.1 Å². The minimum atomic E-state index is -1.08. The Kier molecular flexibility index (Phi) is 4.84. The molecule has 2 rings (SSSR count). The van der Waals surface area contributed by atoms with Gasteiger partial charge in [0.2, 0.25) is 5.91 Å². The molecule has 1 amide bonds. The number of hydrogen-bond donors (Lipinski definition) is 2. The minimum Gasteiger partial charge on any atom is -0.477 e. The predicted octanol–water partition coefficient (Wildman–Crippen LogP) is 3.05. The number of anilines is 1. The van der Waals surface area contributed by atoms with Crippen molar-refractivity contribution in [3.63, 3.8) is 0 Å². The van der Waals surface area contributed by atoms with Crippen molar-refractivity contribution >= 4 is 34.7 Å². The van der Waals surface area contributed by atoms with Gasteiger partial charge >= 0.3 is 5.97 Å². The average molecular weight is 303 g/mol. The molecule has 0 aliphatic rings. The van der Waals surface area contributed by atoms with Crippen molar-refractivity contribution in [1.29, 1.82) is 0 Å². The summed E-state index contributed by atoms with van der Waals surface area (Å²) < 4.78 is 0. The van der Waals surface area contributed by atoms with E-state index < -0.39 is 5.97 Å². The second kappa shape index (κ2) is 6.81. The van der Waals surface area contributed by atoms with Crippen molar-refractivity contribution in [1.82, 2.24) is 0 Å². The number of benzene rings is 1. The molecule has 2 N–H and O–H groups in total. The standard InChI is InChI=1S/C15H13NO4S/c17-12(10-4-2-1-3-5-10)6-7-13(18)16-11-8-9-21-14(11)15(19)20/h1-5,8-9H,6-7H2,(H,16,18)(H,19,20). The summed E-state index contributed by atoms with van der Waals surface area (Å²) in [7, 11) is 0. The van der Waals surface area contributed by atoms with Gasteiger partial charge in [-0.1, -0.05) is 30.3 Å². The van der Waals surface area contributed by atoms with E-state index in [0.717, 1.165) is 11.3 Å². The zero-order valence-corrected chi connectivity index (χ0v) is 11.9. The van der Waals surface area contributed by atoms with Gasteiger partial charge in [-0.15, -0.1) is 11.3 Å². The number of thiophene rings is 1. The van der Waals surface area contributed by atoms with E-state index in [0.29, 0.717) is 5.56 Å². The molecular weight excluding hydrogens is 290 g/mol. The number of hydrogen-bond acceptors (Lipinski definition) is 4.